The maximum Gasteiger partial charge on any atom is 0.265 e. The Morgan fingerprint density at radius 2 is 0.492 bits per heavy atom. The number of halogens is 2. The lowest BCUT2D eigenvalue weighted by atomic mass is 9.68. The van der Waals surface area contributed by atoms with Gasteiger partial charge in [-0.15, -0.1) is 22.7 Å². The van der Waals surface area contributed by atoms with Crippen molar-refractivity contribution < 1.29 is 9.59 Å². The SMILES string of the molecule is CCCCCCCCC1(CCCCCCCC)c2cc(Br)ccc2-c2cc3c(cc21)-c1sc2c(c1C3(CCCCCCCC)CCCCCCCC)C=CN1C(=O)C3=C4c5sc6c(c5C=CN4C(=O)C3=C21)C(CCCCCCCC)(CCCCCCCC)c1cc2c(cc1-6)C(CCCCCCCC)(CCCCCCCC)c1cc(Br)ccc1-2. The van der Waals surface area contributed by atoms with E-state index in [4.69, 9.17) is 0 Å². The molecule has 8 heteroatoms. The topological polar surface area (TPSA) is 40.6 Å². The van der Waals surface area contributed by atoms with Gasteiger partial charge in [-0.1, -0.05) is 408 Å². The van der Waals surface area contributed by atoms with Crippen molar-refractivity contribution >= 4 is 89.9 Å². The van der Waals surface area contributed by atoms with Gasteiger partial charge in [0.05, 0.1) is 32.3 Å². The van der Waals surface area contributed by atoms with Gasteiger partial charge in [-0.25, -0.2) is 0 Å². The van der Waals surface area contributed by atoms with Crippen LogP contribution in [0.2, 0.25) is 0 Å². The highest BCUT2D eigenvalue weighted by molar-refractivity contribution is 9.10. The predicted molar refractivity (Wildman–Crippen MR) is 518 cm³/mol. The van der Waals surface area contributed by atoms with E-state index in [-0.39, 0.29) is 33.5 Å². The summed E-state index contributed by atoms with van der Waals surface area (Å²) < 4.78 is 2.39. The molecule has 2 amide bonds. The van der Waals surface area contributed by atoms with E-state index in [1.807, 2.05) is 32.5 Å². The van der Waals surface area contributed by atoms with Gasteiger partial charge in [-0.05, 0) is 190 Å². The minimum Gasteiger partial charge on any atom is -0.281 e. The summed E-state index contributed by atoms with van der Waals surface area (Å²) in [5.41, 5.74) is 26.1. The molecule has 8 aliphatic rings. The van der Waals surface area contributed by atoms with E-state index in [1.165, 1.54) is 408 Å². The van der Waals surface area contributed by atoms with Gasteiger partial charge < -0.3 is 0 Å². The minimum atomic E-state index is -0.220. The summed E-state index contributed by atoms with van der Waals surface area (Å²) in [6, 6.07) is 26.0. The zero-order valence-corrected chi connectivity index (χ0v) is 79.8. The number of thiophene rings is 2. The Balaban J connectivity index is 0.946. The van der Waals surface area contributed by atoms with Gasteiger partial charge in [0.25, 0.3) is 11.8 Å². The second-order valence-electron chi connectivity index (χ2n) is 38.3. The van der Waals surface area contributed by atoms with Crippen LogP contribution in [-0.2, 0) is 31.2 Å². The molecule has 4 aliphatic heterocycles. The highest BCUT2D eigenvalue weighted by Crippen LogP contribution is 2.69. The molecular weight excluding hydrogens is 1610 g/mol. The Bertz CT molecular complexity index is 4210. The van der Waals surface area contributed by atoms with E-state index in [0.717, 1.165) is 46.8 Å². The van der Waals surface area contributed by atoms with Crippen molar-refractivity contribution in [3.63, 3.8) is 0 Å². The van der Waals surface area contributed by atoms with Crippen molar-refractivity contribution in [2.24, 2.45) is 0 Å². The number of fused-ring (bicyclic) bond motifs is 21. The van der Waals surface area contributed by atoms with Gasteiger partial charge >= 0.3 is 0 Å². The summed E-state index contributed by atoms with van der Waals surface area (Å²) in [5, 5.41) is 0. The second-order valence-corrected chi connectivity index (χ2v) is 42.1. The molecule has 0 N–H and O–H groups in total. The van der Waals surface area contributed by atoms with Crippen LogP contribution in [0.3, 0.4) is 0 Å². The van der Waals surface area contributed by atoms with Gasteiger partial charge in [0, 0.05) is 63.9 Å². The van der Waals surface area contributed by atoms with Crippen molar-refractivity contribution in [1.82, 2.24) is 9.80 Å². The largest absolute Gasteiger partial charge is 0.281 e. The van der Waals surface area contributed by atoms with E-state index in [2.05, 4.69) is 172 Å². The molecule has 0 bridgehead atoms. The number of amides is 2. The molecule has 6 heterocycles. The summed E-state index contributed by atoms with van der Waals surface area (Å²) >= 11 is 12.1. The van der Waals surface area contributed by atoms with E-state index >= 15 is 9.59 Å². The van der Waals surface area contributed by atoms with Crippen molar-refractivity contribution in [2.45, 2.75) is 437 Å². The number of carbonyl (C=O) groups is 2. The molecule has 4 aromatic carbocycles. The van der Waals surface area contributed by atoms with Gasteiger partial charge in [0.15, 0.2) is 0 Å². The average molecular weight is 1760 g/mol. The van der Waals surface area contributed by atoms with E-state index in [0.29, 0.717) is 11.1 Å². The molecular formula is C110H150Br2N2O2S2. The van der Waals surface area contributed by atoms with Crippen LogP contribution in [0.4, 0.5) is 0 Å². The quantitative estimate of drug-likeness (QED) is 0.0357. The molecule has 0 saturated carbocycles. The fourth-order valence-corrected chi connectivity index (χ4v) is 27.6. The third-order valence-electron chi connectivity index (χ3n) is 30.2. The molecule has 4 nitrogen and oxygen atoms in total. The van der Waals surface area contributed by atoms with Crippen LogP contribution in [0.15, 0.2) is 93.2 Å². The Labute approximate surface area is 741 Å². The van der Waals surface area contributed by atoms with Gasteiger partial charge in [-0.3, -0.25) is 19.4 Å². The fourth-order valence-electron chi connectivity index (χ4n) is 24.0. The van der Waals surface area contributed by atoms with E-state index < -0.39 is 0 Å². The smallest absolute Gasteiger partial charge is 0.265 e. The zero-order valence-electron chi connectivity index (χ0n) is 75.0. The number of hydrogen-bond donors (Lipinski definition) is 0. The van der Waals surface area contributed by atoms with E-state index in [1.54, 1.807) is 33.4 Å². The number of carbonyl (C=O) groups excluding carboxylic acids is 2. The maximum atomic E-state index is 16.5. The first kappa shape index (κ1) is 89.4. The fraction of sp³-hybridized carbons (Fsp3) is 0.618. The molecule has 0 atom stereocenters. The number of hydrogen-bond acceptors (Lipinski definition) is 4. The number of rotatable bonds is 56. The van der Waals surface area contributed by atoms with Crippen LogP contribution in [-0.4, -0.2) is 21.6 Å². The van der Waals surface area contributed by atoms with Crippen LogP contribution < -0.4 is 0 Å². The zero-order chi connectivity index (χ0) is 82.2. The third-order valence-corrected chi connectivity index (χ3v) is 33.7. The van der Waals surface area contributed by atoms with Crippen LogP contribution in [0.25, 0.3) is 66.7 Å². The molecule has 14 rings (SSSR count). The Hall–Kier alpha value is -4.86. The predicted octanol–water partition coefficient (Wildman–Crippen LogP) is 36.2. The van der Waals surface area contributed by atoms with E-state index in [9.17, 15) is 0 Å². The highest BCUT2D eigenvalue weighted by Gasteiger charge is 2.57. The lowest BCUT2D eigenvalue weighted by Gasteiger charge is -2.36. The Morgan fingerprint density at radius 1 is 0.263 bits per heavy atom. The molecule has 4 aliphatic carbocycles. The molecule has 0 spiro atoms. The normalized spacial score (nSPS) is 16.4. The van der Waals surface area contributed by atoms with Crippen molar-refractivity contribution in [3.05, 3.63) is 159 Å². The van der Waals surface area contributed by atoms with Crippen LogP contribution >= 0.6 is 54.5 Å². The third kappa shape index (κ3) is 17.8. The van der Waals surface area contributed by atoms with Gasteiger partial charge in [0.2, 0.25) is 0 Å². The molecule has 2 aromatic heterocycles. The summed E-state index contributed by atoms with van der Waals surface area (Å²) in [5.74, 6) is -0.0748. The van der Waals surface area contributed by atoms with Gasteiger partial charge in [0.1, 0.15) is 0 Å². The van der Waals surface area contributed by atoms with Gasteiger partial charge in [-0.2, -0.15) is 0 Å². The number of nitrogens with zero attached hydrogens (tertiary/aromatic N) is 2. The first-order chi connectivity index (χ1) is 57.9. The lowest BCUT2D eigenvalue weighted by Crippen LogP contribution is -2.29. The molecule has 118 heavy (non-hydrogen) atoms. The molecule has 0 saturated heterocycles. The van der Waals surface area contributed by atoms with Crippen LogP contribution in [0, 0.1) is 0 Å². The summed E-state index contributed by atoms with van der Waals surface area (Å²) in [6.07, 6.45) is 79.4. The Morgan fingerprint density at radius 3 is 0.763 bits per heavy atom. The first-order valence-corrected chi connectivity index (χ1v) is 53.0. The molecule has 638 valence electrons. The average Bonchev–Trinajstić information content (AvgIpc) is 1.50. The van der Waals surface area contributed by atoms with Crippen molar-refractivity contribution in [2.75, 3.05) is 0 Å². The van der Waals surface area contributed by atoms with Crippen LogP contribution in [0.5, 0.6) is 0 Å². The Kier molecular flexibility index (Phi) is 32.0. The highest BCUT2D eigenvalue weighted by atomic mass is 79.9. The standard InChI is InChI=1S/C110H150Br2N2O2S2/c1-9-17-25-33-41-49-63-107(64-50-42-34-26-18-10-2)89-73-79(111)57-59-81(89)85-75-93-87(77-91(85)107)101-97(109(93,67-53-45-37-29-21-13-5)68-54-46-38-30-22-14-6)83-61-71-113-99(103(83)117-101)95-96(106(113)116)100-104-84(62-72-114(100)105(95)115)98-102(118-104)88-78-92-86(76-94(88)110(98,69-55-47-39-31-23-15-7)70-56-48-40-32-24-16-8)82-60-58-80(112)74-90(82)108(92,65-51-43-35-27-19-11-3)66-52-44-36-28-20-12-4/h57-62,71-78H,9-56,63-70H2,1-8H3. The summed E-state index contributed by atoms with van der Waals surface area (Å²) in [4.78, 5) is 42.1. The minimum absolute atomic E-state index is 0.0374. The molecule has 6 aromatic rings. The van der Waals surface area contributed by atoms with Crippen molar-refractivity contribution in [1.29, 1.82) is 0 Å². The summed E-state index contributed by atoms with van der Waals surface area (Å²) in [7, 11) is 0. The number of benzene rings is 4. The molecule has 0 radical (unpaired) electrons. The summed E-state index contributed by atoms with van der Waals surface area (Å²) in [6.45, 7) is 18.8. The van der Waals surface area contributed by atoms with Crippen LogP contribution in [0.1, 0.15) is 480 Å². The maximum absolute atomic E-state index is 16.5. The monoisotopic (exact) mass is 1750 g/mol. The first-order valence-electron chi connectivity index (χ1n) is 49.8. The second kappa shape index (κ2) is 42.2. The molecule has 0 fully saturated rings. The molecule has 0 unspecified atom stereocenters. The number of unbranched alkanes of at least 4 members (excludes halogenated alkanes) is 40. The lowest BCUT2D eigenvalue weighted by molar-refractivity contribution is -0.122. The van der Waals surface area contributed by atoms with Crippen molar-refractivity contribution in [3.8, 4) is 43.1 Å².